The van der Waals surface area contributed by atoms with Crippen LogP contribution in [-0.4, -0.2) is 55.8 Å². The van der Waals surface area contributed by atoms with Crippen LogP contribution in [-0.2, 0) is 4.79 Å². The molecule has 3 rings (SSSR count). The molecule has 2 aromatic carbocycles. The molecule has 1 heterocycles. The zero-order valence-electron chi connectivity index (χ0n) is 18.8. The van der Waals surface area contributed by atoms with Gasteiger partial charge in [-0.05, 0) is 76.5 Å². The number of methoxy groups -OCH3 is 1. The number of ether oxygens (including phenoxy) is 1. The average molecular weight is 458 g/mol. The number of hydrogen-bond donors (Lipinski definition) is 0. The van der Waals surface area contributed by atoms with Crippen LogP contribution in [0.15, 0.2) is 47.4 Å². The molecule has 0 atom stereocenters. The van der Waals surface area contributed by atoms with Crippen LogP contribution in [0.5, 0.6) is 5.75 Å². The number of hydrogen-bond acceptors (Lipinski definition) is 6. The number of carbonyl (C=O) groups excluding carboxylic acids is 1. The summed E-state index contributed by atoms with van der Waals surface area (Å²) in [6.07, 6.45) is 2.29. The molecule has 3 aromatic rings. The van der Waals surface area contributed by atoms with E-state index in [2.05, 4.69) is 50.2 Å². The Balaban J connectivity index is 1.64. The van der Waals surface area contributed by atoms with Crippen LogP contribution >= 0.6 is 23.1 Å². The molecule has 0 radical (unpaired) electrons. The van der Waals surface area contributed by atoms with E-state index >= 15 is 0 Å². The molecule has 0 aliphatic heterocycles. The van der Waals surface area contributed by atoms with Gasteiger partial charge in [0.15, 0.2) is 5.13 Å². The van der Waals surface area contributed by atoms with Gasteiger partial charge in [-0.25, -0.2) is 4.98 Å². The van der Waals surface area contributed by atoms with Crippen LogP contribution in [0.4, 0.5) is 5.13 Å². The molecule has 0 saturated carbocycles. The number of rotatable bonds is 11. The van der Waals surface area contributed by atoms with Crippen molar-refractivity contribution >= 4 is 44.4 Å². The van der Waals surface area contributed by atoms with Gasteiger partial charge in [-0.15, -0.1) is 11.8 Å². The number of amides is 1. The first kappa shape index (κ1) is 23.6. The molecule has 166 valence electrons. The fourth-order valence-corrected chi connectivity index (χ4v) is 5.08. The van der Waals surface area contributed by atoms with E-state index in [-0.39, 0.29) is 5.91 Å². The lowest BCUT2D eigenvalue weighted by atomic mass is 10.2. The molecule has 31 heavy (non-hydrogen) atoms. The largest absolute Gasteiger partial charge is 0.497 e. The number of aryl methyl sites for hydroxylation is 1. The van der Waals surface area contributed by atoms with Crippen molar-refractivity contribution in [3.8, 4) is 5.75 Å². The molecule has 1 amide bonds. The van der Waals surface area contributed by atoms with E-state index in [1.165, 1.54) is 10.5 Å². The van der Waals surface area contributed by atoms with Crippen LogP contribution < -0.4 is 9.64 Å². The summed E-state index contributed by atoms with van der Waals surface area (Å²) in [5.74, 6) is 1.88. The molecule has 0 saturated heterocycles. The number of carbonyl (C=O) groups is 1. The second-order valence-corrected chi connectivity index (χ2v) is 9.97. The Morgan fingerprint density at radius 2 is 1.87 bits per heavy atom. The average Bonchev–Trinajstić information content (AvgIpc) is 3.17. The Morgan fingerprint density at radius 1 is 1.10 bits per heavy atom. The highest BCUT2D eigenvalue weighted by molar-refractivity contribution is 7.99. The number of anilines is 1. The monoisotopic (exact) mass is 457 g/mol. The molecule has 0 fully saturated rings. The third-order valence-electron chi connectivity index (χ3n) is 4.93. The summed E-state index contributed by atoms with van der Waals surface area (Å²) in [7, 11) is 5.77. The van der Waals surface area contributed by atoms with Gasteiger partial charge < -0.3 is 9.64 Å². The van der Waals surface area contributed by atoms with E-state index in [0.717, 1.165) is 46.2 Å². The summed E-state index contributed by atoms with van der Waals surface area (Å²) in [5, 5.41) is 0.776. The van der Waals surface area contributed by atoms with E-state index in [4.69, 9.17) is 9.72 Å². The molecular weight excluding hydrogens is 426 g/mol. The summed E-state index contributed by atoms with van der Waals surface area (Å²) in [6.45, 7) is 3.71. The molecule has 0 N–H and O–H groups in total. The predicted octanol–water partition coefficient (Wildman–Crippen LogP) is 5.47. The van der Waals surface area contributed by atoms with Crippen molar-refractivity contribution < 1.29 is 9.53 Å². The second kappa shape index (κ2) is 11.5. The van der Waals surface area contributed by atoms with Crippen molar-refractivity contribution in [1.82, 2.24) is 9.88 Å². The van der Waals surface area contributed by atoms with Gasteiger partial charge >= 0.3 is 0 Å². The lowest BCUT2D eigenvalue weighted by Gasteiger charge is -2.21. The summed E-state index contributed by atoms with van der Waals surface area (Å²) in [6, 6.07) is 14.4. The first-order chi connectivity index (χ1) is 15.0. The topological polar surface area (TPSA) is 45.7 Å². The van der Waals surface area contributed by atoms with Gasteiger partial charge in [-0.3, -0.25) is 9.69 Å². The lowest BCUT2D eigenvalue weighted by Crippen LogP contribution is -2.33. The number of thiazole rings is 1. The highest BCUT2D eigenvalue weighted by Crippen LogP contribution is 2.32. The van der Waals surface area contributed by atoms with Crippen LogP contribution in [0.3, 0.4) is 0 Å². The minimum Gasteiger partial charge on any atom is -0.497 e. The summed E-state index contributed by atoms with van der Waals surface area (Å²) < 4.78 is 6.37. The maximum absolute atomic E-state index is 13.1. The van der Waals surface area contributed by atoms with Crippen molar-refractivity contribution in [2.45, 2.75) is 31.1 Å². The maximum Gasteiger partial charge on any atom is 0.228 e. The van der Waals surface area contributed by atoms with Crippen LogP contribution in [0, 0.1) is 6.92 Å². The molecule has 0 aliphatic rings. The van der Waals surface area contributed by atoms with Crippen LogP contribution in [0.25, 0.3) is 10.2 Å². The Kier molecular flexibility index (Phi) is 8.75. The molecule has 0 aliphatic carbocycles. The van der Waals surface area contributed by atoms with Gasteiger partial charge in [-0.2, -0.15) is 0 Å². The molecular formula is C24H31N3O2S2. The number of nitrogens with zero attached hydrogens (tertiary/aromatic N) is 3. The maximum atomic E-state index is 13.1. The van der Waals surface area contributed by atoms with Crippen LogP contribution in [0.1, 0.15) is 24.8 Å². The summed E-state index contributed by atoms with van der Waals surface area (Å²) in [5.41, 5.74) is 2.17. The molecule has 0 unspecified atom stereocenters. The van der Waals surface area contributed by atoms with Crippen molar-refractivity contribution in [2.24, 2.45) is 0 Å². The quantitative estimate of drug-likeness (QED) is 0.282. The van der Waals surface area contributed by atoms with Crippen molar-refractivity contribution in [3.63, 3.8) is 0 Å². The van der Waals surface area contributed by atoms with Gasteiger partial charge in [0.1, 0.15) is 5.75 Å². The zero-order chi connectivity index (χ0) is 22.2. The van der Waals surface area contributed by atoms with E-state index in [1.54, 1.807) is 30.2 Å². The normalized spacial score (nSPS) is 11.3. The number of aromatic nitrogens is 1. The Morgan fingerprint density at radius 3 is 2.58 bits per heavy atom. The van der Waals surface area contributed by atoms with Gasteiger partial charge in [0.05, 0.1) is 17.3 Å². The van der Waals surface area contributed by atoms with Crippen molar-refractivity contribution in [1.29, 1.82) is 0 Å². The van der Waals surface area contributed by atoms with Crippen LogP contribution in [0.2, 0.25) is 0 Å². The molecule has 1 aromatic heterocycles. The molecule has 5 nitrogen and oxygen atoms in total. The number of thioether (sulfide) groups is 1. The van der Waals surface area contributed by atoms with Crippen molar-refractivity contribution in [2.75, 3.05) is 44.9 Å². The number of fused-ring (bicyclic) bond motifs is 1. The Labute approximate surface area is 193 Å². The molecule has 7 heteroatoms. The van der Waals surface area contributed by atoms with Gasteiger partial charge in [0, 0.05) is 17.9 Å². The summed E-state index contributed by atoms with van der Waals surface area (Å²) in [4.78, 5) is 23.1. The summed E-state index contributed by atoms with van der Waals surface area (Å²) >= 11 is 3.36. The second-order valence-electron chi connectivity index (χ2n) is 7.80. The zero-order valence-corrected chi connectivity index (χ0v) is 20.4. The predicted molar refractivity (Wildman–Crippen MR) is 133 cm³/mol. The Hall–Kier alpha value is -2.09. The third-order valence-corrected chi connectivity index (χ3v) is 7.07. The standard InChI is InChI=1S/C24H31N3O2S2/c1-18-8-11-20(12-9-18)30-16-5-7-23(28)27(15-6-14-26(2)3)24-25-21-13-10-19(29-4)17-22(21)31-24/h8-13,17H,5-7,14-16H2,1-4H3. The fraction of sp³-hybridized carbons (Fsp3) is 0.417. The smallest absolute Gasteiger partial charge is 0.228 e. The fourth-order valence-electron chi connectivity index (χ4n) is 3.19. The van der Waals surface area contributed by atoms with Gasteiger partial charge in [0.2, 0.25) is 5.91 Å². The minimum absolute atomic E-state index is 0.147. The third kappa shape index (κ3) is 6.95. The highest BCUT2D eigenvalue weighted by Gasteiger charge is 2.19. The minimum atomic E-state index is 0.147. The van der Waals surface area contributed by atoms with E-state index in [1.807, 2.05) is 23.1 Å². The van der Waals surface area contributed by atoms with Crippen molar-refractivity contribution in [3.05, 3.63) is 48.0 Å². The van der Waals surface area contributed by atoms with Gasteiger partial charge in [0.25, 0.3) is 0 Å². The van der Waals surface area contributed by atoms with Gasteiger partial charge in [-0.1, -0.05) is 29.0 Å². The first-order valence-electron chi connectivity index (χ1n) is 10.6. The van der Waals surface area contributed by atoms with E-state index in [9.17, 15) is 4.79 Å². The Bertz CT molecular complexity index is 986. The highest BCUT2D eigenvalue weighted by atomic mass is 32.2. The van der Waals surface area contributed by atoms with E-state index < -0.39 is 0 Å². The number of benzene rings is 2. The van der Waals surface area contributed by atoms with E-state index in [0.29, 0.717) is 13.0 Å². The molecule has 0 bridgehead atoms. The lowest BCUT2D eigenvalue weighted by molar-refractivity contribution is -0.118. The SMILES string of the molecule is COc1ccc2nc(N(CCCN(C)C)C(=O)CCCSc3ccc(C)cc3)sc2c1. The molecule has 0 spiro atoms. The first-order valence-corrected chi connectivity index (χ1v) is 12.4.